The van der Waals surface area contributed by atoms with Crippen molar-refractivity contribution in [1.82, 2.24) is 14.5 Å². The van der Waals surface area contributed by atoms with Crippen LogP contribution in [0, 0.1) is 0 Å². The standard InChI is InChI=1S/C25H20N4O3S2/c1-15(22(30)28-24-26-20-13-12-17(32-2)14-21(20)34-24)33-25-27-19-11-7-6-10-18(19)23(31)29(25)16-8-4-3-5-9-16/h3-15H,1-2H3,(H,26,28,30). The number of thioether (sulfide) groups is 1. The molecule has 5 aromatic rings. The maximum absolute atomic E-state index is 13.3. The summed E-state index contributed by atoms with van der Waals surface area (Å²) >= 11 is 2.61. The predicted molar refractivity (Wildman–Crippen MR) is 137 cm³/mol. The van der Waals surface area contributed by atoms with Crippen LogP contribution >= 0.6 is 23.1 Å². The van der Waals surface area contributed by atoms with E-state index < -0.39 is 5.25 Å². The molecule has 0 saturated carbocycles. The molecule has 9 heteroatoms. The SMILES string of the molecule is COc1ccc2nc(NC(=O)C(C)Sc3nc4ccccc4c(=O)n3-c3ccccc3)sc2c1. The second kappa shape index (κ2) is 9.28. The van der Waals surface area contributed by atoms with Crippen molar-refractivity contribution in [3.8, 4) is 11.4 Å². The van der Waals surface area contributed by atoms with Gasteiger partial charge in [-0.25, -0.2) is 9.97 Å². The molecule has 0 radical (unpaired) electrons. The van der Waals surface area contributed by atoms with Crippen molar-refractivity contribution in [3.05, 3.63) is 83.2 Å². The number of rotatable bonds is 6. The first-order chi connectivity index (χ1) is 16.5. The zero-order valence-corrected chi connectivity index (χ0v) is 20.0. The first-order valence-electron chi connectivity index (χ1n) is 10.5. The van der Waals surface area contributed by atoms with Gasteiger partial charge in [0.05, 0.1) is 39.2 Å². The van der Waals surface area contributed by atoms with Crippen molar-refractivity contribution in [3.63, 3.8) is 0 Å². The number of fused-ring (bicyclic) bond motifs is 2. The average Bonchev–Trinajstić information content (AvgIpc) is 3.26. The molecule has 0 spiro atoms. The Bertz CT molecular complexity index is 1560. The minimum absolute atomic E-state index is 0.174. The maximum Gasteiger partial charge on any atom is 0.266 e. The number of methoxy groups -OCH3 is 1. The van der Waals surface area contributed by atoms with Gasteiger partial charge in [-0.1, -0.05) is 53.4 Å². The highest BCUT2D eigenvalue weighted by Gasteiger charge is 2.21. The average molecular weight is 489 g/mol. The zero-order valence-electron chi connectivity index (χ0n) is 18.4. The van der Waals surface area contributed by atoms with E-state index >= 15 is 0 Å². The molecule has 1 unspecified atom stereocenters. The summed E-state index contributed by atoms with van der Waals surface area (Å²) in [4.78, 5) is 35.5. The smallest absolute Gasteiger partial charge is 0.266 e. The number of nitrogens with one attached hydrogen (secondary N) is 1. The number of carbonyl (C=O) groups is 1. The maximum atomic E-state index is 13.3. The first-order valence-corrected chi connectivity index (χ1v) is 12.2. The largest absolute Gasteiger partial charge is 0.497 e. The summed E-state index contributed by atoms with van der Waals surface area (Å²) in [6, 6.07) is 22.1. The summed E-state index contributed by atoms with van der Waals surface area (Å²) in [6.45, 7) is 1.78. The number of hydrogen-bond donors (Lipinski definition) is 1. The third-order valence-electron chi connectivity index (χ3n) is 5.24. The lowest BCUT2D eigenvalue weighted by atomic mass is 10.2. The van der Waals surface area contributed by atoms with Gasteiger partial charge in [0.15, 0.2) is 10.3 Å². The van der Waals surface area contributed by atoms with Crippen LogP contribution in [0.25, 0.3) is 26.8 Å². The Morgan fingerprint density at radius 2 is 1.79 bits per heavy atom. The quantitative estimate of drug-likeness (QED) is 0.264. The molecule has 2 heterocycles. The predicted octanol–water partition coefficient (Wildman–Crippen LogP) is 5.12. The minimum atomic E-state index is -0.524. The van der Waals surface area contributed by atoms with Gasteiger partial charge in [-0.15, -0.1) is 0 Å². The number of thiazole rings is 1. The van der Waals surface area contributed by atoms with Gasteiger partial charge in [0.25, 0.3) is 5.56 Å². The molecule has 0 saturated heterocycles. The molecule has 3 aromatic carbocycles. The van der Waals surface area contributed by atoms with Gasteiger partial charge in [0.2, 0.25) is 5.91 Å². The van der Waals surface area contributed by atoms with Crippen LogP contribution in [0.4, 0.5) is 5.13 Å². The summed E-state index contributed by atoms with van der Waals surface area (Å²) in [5.74, 6) is 0.511. The van der Waals surface area contributed by atoms with Gasteiger partial charge < -0.3 is 10.1 Å². The molecule has 1 amide bonds. The van der Waals surface area contributed by atoms with E-state index in [0.29, 0.717) is 26.9 Å². The van der Waals surface area contributed by atoms with Crippen molar-refractivity contribution >= 4 is 55.3 Å². The van der Waals surface area contributed by atoms with Crippen LogP contribution < -0.4 is 15.6 Å². The molecule has 5 rings (SSSR count). The van der Waals surface area contributed by atoms with Gasteiger partial charge >= 0.3 is 0 Å². The van der Waals surface area contributed by atoms with Crippen molar-refractivity contribution < 1.29 is 9.53 Å². The summed E-state index contributed by atoms with van der Waals surface area (Å²) in [7, 11) is 1.61. The number of benzene rings is 3. The minimum Gasteiger partial charge on any atom is -0.497 e. The highest BCUT2D eigenvalue weighted by Crippen LogP contribution is 2.30. The van der Waals surface area contributed by atoms with Gasteiger partial charge in [0.1, 0.15) is 5.75 Å². The number of amides is 1. The molecule has 34 heavy (non-hydrogen) atoms. The van der Waals surface area contributed by atoms with Crippen LogP contribution in [0.5, 0.6) is 5.75 Å². The highest BCUT2D eigenvalue weighted by molar-refractivity contribution is 8.00. The number of nitrogens with zero attached hydrogens (tertiary/aromatic N) is 3. The van der Waals surface area contributed by atoms with E-state index in [-0.39, 0.29) is 11.5 Å². The summed E-state index contributed by atoms with van der Waals surface area (Å²) in [5, 5.41) is 3.85. The van der Waals surface area contributed by atoms with Crippen molar-refractivity contribution in [2.24, 2.45) is 0 Å². The fourth-order valence-electron chi connectivity index (χ4n) is 3.50. The lowest BCUT2D eigenvalue weighted by Gasteiger charge is -2.16. The third kappa shape index (κ3) is 4.27. The number of hydrogen-bond acceptors (Lipinski definition) is 7. The molecule has 1 atom stereocenters. The van der Waals surface area contributed by atoms with Crippen LogP contribution in [0.2, 0.25) is 0 Å². The van der Waals surface area contributed by atoms with E-state index in [2.05, 4.69) is 10.3 Å². The fraction of sp³-hybridized carbons (Fsp3) is 0.120. The van der Waals surface area contributed by atoms with Gasteiger partial charge in [0, 0.05) is 0 Å². The lowest BCUT2D eigenvalue weighted by Crippen LogP contribution is -2.26. The van der Waals surface area contributed by atoms with E-state index in [4.69, 9.17) is 9.72 Å². The molecular weight excluding hydrogens is 468 g/mol. The van der Waals surface area contributed by atoms with Crippen molar-refractivity contribution in [2.75, 3.05) is 12.4 Å². The molecule has 2 aromatic heterocycles. The Morgan fingerprint density at radius 1 is 1.03 bits per heavy atom. The lowest BCUT2D eigenvalue weighted by molar-refractivity contribution is -0.115. The summed E-state index contributed by atoms with van der Waals surface area (Å²) in [5.41, 5.74) is 1.90. The molecule has 0 aliphatic heterocycles. The summed E-state index contributed by atoms with van der Waals surface area (Å²) < 4.78 is 7.74. The van der Waals surface area contributed by atoms with E-state index in [9.17, 15) is 9.59 Å². The van der Waals surface area contributed by atoms with Crippen molar-refractivity contribution in [2.45, 2.75) is 17.3 Å². The van der Waals surface area contributed by atoms with Crippen LogP contribution in [0.3, 0.4) is 0 Å². The molecule has 0 aliphatic rings. The molecule has 0 bridgehead atoms. The molecule has 170 valence electrons. The van der Waals surface area contributed by atoms with Crippen molar-refractivity contribution in [1.29, 1.82) is 0 Å². The molecule has 0 fully saturated rings. The van der Waals surface area contributed by atoms with Crippen LogP contribution in [0.1, 0.15) is 6.92 Å². The second-order valence-electron chi connectivity index (χ2n) is 7.49. The van der Waals surface area contributed by atoms with Gasteiger partial charge in [-0.3, -0.25) is 14.2 Å². The second-order valence-corrected chi connectivity index (χ2v) is 9.83. The van der Waals surface area contributed by atoms with Crippen LogP contribution in [-0.2, 0) is 4.79 Å². The highest BCUT2D eigenvalue weighted by atomic mass is 32.2. The summed E-state index contributed by atoms with van der Waals surface area (Å²) in [6.07, 6.45) is 0. The monoisotopic (exact) mass is 488 g/mol. The number of ether oxygens (including phenoxy) is 1. The van der Waals surface area contributed by atoms with E-state index in [0.717, 1.165) is 16.0 Å². The Kier molecular flexibility index (Phi) is 6.04. The molecule has 7 nitrogen and oxygen atoms in total. The molecule has 1 N–H and O–H groups in total. The van der Waals surface area contributed by atoms with Crippen LogP contribution in [0.15, 0.2) is 82.7 Å². The van der Waals surface area contributed by atoms with E-state index in [1.54, 1.807) is 30.7 Å². The number of carbonyl (C=O) groups excluding carboxylic acids is 1. The van der Waals surface area contributed by atoms with E-state index in [1.807, 2.05) is 60.7 Å². The number of aromatic nitrogens is 3. The Hall–Kier alpha value is -3.69. The fourth-order valence-corrected chi connectivity index (χ4v) is 5.32. The van der Waals surface area contributed by atoms with Gasteiger partial charge in [-0.05, 0) is 49.4 Å². The Balaban J connectivity index is 1.45. The zero-order chi connectivity index (χ0) is 23.7. The Morgan fingerprint density at radius 3 is 2.59 bits per heavy atom. The first kappa shape index (κ1) is 22.1. The number of anilines is 1. The molecule has 0 aliphatic carbocycles. The Labute approximate surface area is 203 Å². The molecular formula is C25H20N4O3S2. The van der Waals surface area contributed by atoms with Crippen LogP contribution in [-0.4, -0.2) is 32.8 Å². The normalized spacial score (nSPS) is 12.1. The number of para-hydroxylation sites is 2. The third-order valence-corrected chi connectivity index (χ3v) is 7.22. The topological polar surface area (TPSA) is 86.1 Å². The van der Waals surface area contributed by atoms with E-state index in [1.165, 1.54) is 23.1 Å². The van der Waals surface area contributed by atoms with Gasteiger partial charge in [-0.2, -0.15) is 0 Å².